The number of hydrogen-bond donors (Lipinski definition) is 1. The summed E-state index contributed by atoms with van der Waals surface area (Å²) in [6, 6.07) is 0. The maximum absolute atomic E-state index is 9.57. The maximum atomic E-state index is 9.57. The highest BCUT2D eigenvalue weighted by molar-refractivity contribution is 4.74. The van der Waals surface area contributed by atoms with Crippen LogP contribution in [0, 0.1) is 11.8 Å². The summed E-state index contributed by atoms with van der Waals surface area (Å²) in [5.41, 5.74) is 0. The van der Waals surface area contributed by atoms with Crippen molar-refractivity contribution in [2.75, 3.05) is 0 Å². The fourth-order valence-electron chi connectivity index (χ4n) is 2.00. The molecule has 0 spiro atoms. The van der Waals surface area contributed by atoms with E-state index < -0.39 is 0 Å². The predicted molar refractivity (Wildman–Crippen MR) is 47.4 cm³/mol. The van der Waals surface area contributed by atoms with Crippen molar-refractivity contribution in [3.05, 3.63) is 0 Å². The van der Waals surface area contributed by atoms with E-state index in [0.29, 0.717) is 5.92 Å². The van der Waals surface area contributed by atoms with Crippen molar-refractivity contribution in [1.82, 2.24) is 0 Å². The zero-order chi connectivity index (χ0) is 8.27. The Kier molecular flexibility index (Phi) is 3.38. The van der Waals surface area contributed by atoms with Crippen LogP contribution >= 0.6 is 0 Å². The summed E-state index contributed by atoms with van der Waals surface area (Å²) in [5.74, 6) is 1.51. The Balaban J connectivity index is 2.27. The van der Waals surface area contributed by atoms with E-state index in [1.807, 2.05) is 0 Å². The molecule has 0 aliphatic heterocycles. The van der Waals surface area contributed by atoms with Gasteiger partial charge in [0.15, 0.2) is 0 Å². The summed E-state index contributed by atoms with van der Waals surface area (Å²) in [6.07, 6.45) is 6.04. The predicted octanol–water partition coefficient (Wildman–Crippen LogP) is 2.58. The summed E-state index contributed by atoms with van der Waals surface area (Å²) < 4.78 is 0. The second kappa shape index (κ2) is 4.10. The quantitative estimate of drug-likeness (QED) is 0.651. The maximum Gasteiger partial charge on any atom is 0.0565 e. The third-order valence-electron chi connectivity index (χ3n) is 3.02. The third-order valence-corrected chi connectivity index (χ3v) is 3.02. The molecule has 0 aromatic rings. The van der Waals surface area contributed by atoms with Crippen LogP contribution in [0.3, 0.4) is 0 Å². The summed E-state index contributed by atoms with van der Waals surface area (Å²) in [7, 11) is 0. The van der Waals surface area contributed by atoms with E-state index in [2.05, 4.69) is 13.8 Å². The van der Waals surface area contributed by atoms with Crippen LogP contribution in [0.4, 0.5) is 0 Å². The highest BCUT2D eigenvalue weighted by atomic mass is 16.3. The molecule has 1 aliphatic carbocycles. The molecule has 1 saturated carbocycles. The van der Waals surface area contributed by atoms with Gasteiger partial charge in [0.05, 0.1) is 6.10 Å². The molecule has 0 saturated heterocycles. The Morgan fingerprint density at radius 1 is 1.27 bits per heavy atom. The minimum Gasteiger partial charge on any atom is -0.393 e. The first-order chi connectivity index (χ1) is 5.24. The second-order valence-electron chi connectivity index (χ2n) is 4.00. The van der Waals surface area contributed by atoms with Crippen LogP contribution in [0.15, 0.2) is 0 Å². The fourth-order valence-corrected chi connectivity index (χ4v) is 2.00. The van der Waals surface area contributed by atoms with E-state index in [9.17, 15) is 5.11 Å². The summed E-state index contributed by atoms with van der Waals surface area (Å²) in [4.78, 5) is 0. The number of rotatable bonds is 2. The molecule has 0 bridgehead atoms. The van der Waals surface area contributed by atoms with Crippen molar-refractivity contribution >= 4 is 0 Å². The summed E-state index contributed by atoms with van der Waals surface area (Å²) in [5, 5.41) is 9.57. The van der Waals surface area contributed by atoms with Gasteiger partial charge in [-0.3, -0.25) is 0 Å². The van der Waals surface area contributed by atoms with Gasteiger partial charge < -0.3 is 5.11 Å². The van der Waals surface area contributed by atoms with E-state index in [1.165, 1.54) is 25.7 Å². The number of aliphatic hydroxyl groups is 1. The molecule has 0 amide bonds. The smallest absolute Gasteiger partial charge is 0.0565 e. The molecule has 1 rings (SSSR count). The van der Waals surface area contributed by atoms with Crippen LogP contribution in [-0.4, -0.2) is 11.2 Å². The molecule has 0 heterocycles. The molecule has 66 valence electrons. The van der Waals surface area contributed by atoms with Gasteiger partial charge in [-0.1, -0.05) is 26.7 Å². The molecule has 0 aromatic carbocycles. The lowest BCUT2D eigenvalue weighted by Crippen LogP contribution is -2.24. The van der Waals surface area contributed by atoms with Crippen molar-refractivity contribution in [2.45, 2.75) is 52.1 Å². The minimum atomic E-state index is -0.0255. The molecule has 1 atom stereocenters. The standard InChI is InChI=1S/C10H20O/c1-3-10(11)9-6-4-8(2)5-7-9/h8-11H,3-7H2,1-2H3/t8?,9?,10-/m0/s1. The van der Waals surface area contributed by atoms with Gasteiger partial charge in [0.25, 0.3) is 0 Å². The van der Waals surface area contributed by atoms with Crippen molar-refractivity contribution < 1.29 is 5.11 Å². The molecular weight excluding hydrogens is 136 g/mol. The lowest BCUT2D eigenvalue weighted by atomic mass is 9.80. The molecular formula is C10H20O. The van der Waals surface area contributed by atoms with Gasteiger partial charge in [-0.15, -0.1) is 0 Å². The fraction of sp³-hybridized carbons (Fsp3) is 1.00. The lowest BCUT2D eigenvalue weighted by Gasteiger charge is -2.29. The Bertz CT molecular complexity index is 103. The van der Waals surface area contributed by atoms with Crippen molar-refractivity contribution in [1.29, 1.82) is 0 Å². The number of hydrogen-bond acceptors (Lipinski definition) is 1. The minimum absolute atomic E-state index is 0.0255. The van der Waals surface area contributed by atoms with Crippen LogP contribution in [0.2, 0.25) is 0 Å². The van der Waals surface area contributed by atoms with E-state index in [0.717, 1.165) is 12.3 Å². The van der Waals surface area contributed by atoms with Gasteiger partial charge in [0, 0.05) is 0 Å². The van der Waals surface area contributed by atoms with Crippen LogP contribution in [-0.2, 0) is 0 Å². The highest BCUT2D eigenvalue weighted by Gasteiger charge is 2.22. The molecule has 0 unspecified atom stereocenters. The van der Waals surface area contributed by atoms with E-state index in [4.69, 9.17) is 0 Å². The van der Waals surface area contributed by atoms with Crippen molar-refractivity contribution in [3.63, 3.8) is 0 Å². The molecule has 0 aromatic heterocycles. The van der Waals surface area contributed by atoms with Gasteiger partial charge in [-0.2, -0.15) is 0 Å². The van der Waals surface area contributed by atoms with E-state index in [1.54, 1.807) is 0 Å². The van der Waals surface area contributed by atoms with Crippen LogP contribution < -0.4 is 0 Å². The van der Waals surface area contributed by atoms with Crippen LogP contribution in [0.1, 0.15) is 46.0 Å². The summed E-state index contributed by atoms with van der Waals surface area (Å²) in [6.45, 7) is 4.39. The monoisotopic (exact) mass is 156 g/mol. The van der Waals surface area contributed by atoms with Crippen LogP contribution in [0.25, 0.3) is 0 Å². The topological polar surface area (TPSA) is 20.2 Å². The van der Waals surface area contributed by atoms with Crippen molar-refractivity contribution in [2.24, 2.45) is 11.8 Å². The molecule has 0 radical (unpaired) electrons. The number of aliphatic hydroxyl groups excluding tert-OH is 1. The molecule has 1 heteroatoms. The van der Waals surface area contributed by atoms with Gasteiger partial charge in [0.1, 0.15) is 0 Å². The van der Waals surface area contributed by atoms with E-state index >= 15 is 0 Å². The highest BCUT2D eigenvalue weighted by Crippen LogP contribution is 2.31. The Hall–Kier alpha value is -0.0400. The largest absolute Gasteiger partial charge is 0.393 e. The van der Waals surface area contributed by atoms with Gasteiger partial charge >= 0.3 is 0 Å². The zero-order valence-corrected chi connectivity index (χ0v) is 7.71. The molecule has 1 N–H and O–H groups in total. The molecule has 1 nitrogen and oxygen atoms in total. The average molecular weight is 156 g/mol. The Morgan fingerprint density at radius 3 is 2.27 bits per heavy atom. The van der Waals surface area contributed by atoms with Crippen molar-refractivity contribution in [3.8, 4) is 0 Å². The third kappa shape index (κ3) is 2.48. The average Bonchev–Trinajstić information content (AvgIpc) is 2.05. The lowest BCUT2D eigenvalue weighted by molar-refractivity contribution is 0.0728. The van der Waals surface area contributed by atoms with Gasteiger partial charge in [-0.25, -0.2) is 0 Å². The Morgan fingerprint density at radius 2 is 1.82 bits per heavy atom. The zero-order valence-electron chi connectivity index (χ0n) is 7.71. The van der Waals surface area contributed by atoms with E-state index in [-0.39, 0.29) is 6.10 Å². The first-order valence-electron chi connectivity index (χ1n) is 4.92. The first kappa shape index (κ1) is 9.05. The summed E-state index contributed by atoms with van der Waals surface area (Å²) >= 11 is 0. The molecule has 11 heavy (non-hydrogen) atoms. The Labute approximate surface area is 69.8 Å². The normalized spacial score (nSPS) is 35.2. The first-order valence-corrected chi connectivity index (χ1v) is 4.92. The molecule has 1 fully saturated rings. The van der Waals surface area contributed by atoms with Gasteiger partial charge in [0.2, 0.25) is 0 Å². The second-order valence-corrected chi connectivity index (χ2v) is 4.00. The van der Waals surface area contributed by atoms with Crippen LogP contribution in [0.5, 0.6) is 0 Å². The van der Waals surface area contributed by atoms with Gasteiger partial charge in [-0.05, 0) is 31.1 Å². The molecule has 1 aliphatic rings. The SMILES string of the molecule is CC[C@H](O)C1CCC(C)CC1.